The van der Waals surface area contributed by atoms with E-state index in [0.717, 1.165) is 6.42 Å². The predicted molar refractivity (Wildman–Crippen MR) is 67.2 cm³/mol. The third kappa shape index (κ3) is 4.27. The molecule has 0 aromatic carbocycles. The molecule has 0 radical (unpaired) electrons. The molecule has 0 aromatic heterocycles. The summed E-state index contributed by atoms with van der Waals surface area (Å²) < 4.78 is 22.5. The zero-order valence-electron chi connectivity index (χ0n) is 10.5. The third-order valence-electron chi connectivity index (χ3n) is 3.45. The molecule has 3 N–H and O–H groups in total. The van der Waals surface area contributed by atoms with Crippen molar-refractivity contribution >= 4 is 15.7 Å². The van der Waals surface area contributed by atoms with E-state index in [1.807, 2.05) is 13.8 Å². The van der Waals surface area contributed by atoms with Crippen LogP contribution in [0, 0.1) is 11.8 Å². The van der Waals surface area contributed by atoms with Crippen LogP contribution < -0.4 is 11.1 Å². The van der Waals surface area contributed by atoms with Crippen LogP contribution in [-0.2, 0) is 14.6 Å². The van der Waals surface area contributed by atoms with E-state index in [9.17, 15) is 13.2 Å². The zero-order valence-corrected chi connectivity index (χ0v) is 11.3. The summed E-state index contributed by atoms with van der Waals surface area (Å²) in [5, 5.41) is 2.75. The maximum absolute atomic E-state index is 11.7. The van der Waals surface area contributed by atoms with Gasteiger partial charge in [0.2, 0.25) is 5.91 Å². The fourth-order valence-electron chi connectivity index (χ4n) is 1.91. The second kappa shape index (κ2) is 5.82. The molecule has 0 aromatic rings. The summed E-state index contributed by atoms with van der Waals surface area (Å²) in [7, 11) is -2.87. The van der Waals surface area contributed by atoms with Gasteiger partial charge in [0.15, 0.2) is 9.84 Å². The quantitative estimate of drug-likeness (QED) is 0.724. The van der Waals surface area contributed by atoms with Gasteiger partial charge in [-0.25, -0.2) is 8.42 Å². The summed E-state index contributed by atoms with van der Waals surface area (Å²) in [6.45, 7) is 4.34. The van der Waals surface area contributed by atoms with Crippen molar-refractivity contribution in [2.45, 2.75) is 32.7 Å². The number of hydrogen-bond acceptors (Lipinski definition) is 4. The summed E-state index contributed by atoms with van der Waals surface area (Å²) in [6, 6.07) is -0.502. The molecule has 3 atom stereocenters. The summed E-state index contributed by atoms with van der Waals surface area (Å²) in [6.07, 6.45) is 1.49. The molecule has 100 valence electrons. The Balaban J connectivity index is 2.34. The summed E-state index contributed by atoms with van der Waals surface area (Å²) in [5.41, 5.74) is 5.78. The highest BCUT2D eigenvalue weighted by atomic mass is 32.2. The average molecular weight is 262 g/mol. The lowest BCUT2D eigenvalue weighted by Crippen LogP contribution is -2.46. The fraction of sp³-hybridized carbons (Fsp3) is 0.909. The van der Waals surface area contributed by atoms with Gasteiger partial charge >= 0.3 is 0 Å². The highest BCUT2D eigenvalue weighted by molar-refractivity contribution is 7.91. The molecule has 6 heteroatoms. The van der Waals surface area contributed by atoms with Crippen molar-refractivity contribution in [3.63, 3.8) is 0 Å². The van der Waals surface area contributed by atoms with Crippen molar-refractivity contribution in [3.05, 3.63) is 0 Å². The van der Waals surface area contributed by atoms with Crippen molar-refractivity contribution in [2.75, 3.05) is 18.1 Å². The van der Waals surface area contributed by atoms with Crippen LogP contribution in [0.25, 0.3) is 0 Å². The van der Waals surface area contributed by atoms with E-state index in [0.29, 0.717) is 13.0 Å². The lowest BCUT2D eigenvalue weighted by Gasteiger charge is -2.18. The van der Waals surface area contributed by atoms with Gasteiger partial charge in [-0.1, -0.05) is 20.3 Å². The summed E-state index contributed by atoms with van der Waals surface area (Å²) in [5.74, 6) is 0.440. The maximum atomic E-state index is 11.7. The Kier molecular flexibility index (Phi) is 4.94. The van der Waals surface area contributed by atoms with Gasteiger partial charge in [0, 0.05) is 6.54 Å². The maximum Gasteiger partial charge on any atom is 0.237 e. The first-order chi connectivity index (χ1) is 7.85. The lowest BCUT2D eigenvalue weighted by molar-refractivity contribution is -0.123. The molecule has 1 aliphatic rings. The number of carbonyl (C=O) groups is 1. The van der Waals surface area contributed by atoms with Crippen LogP contribution in [-0.4, -0.2) is 38.4 Å². The van der Waals surface area contributed by atoms with Crippen LogP contribution in [0.4, 0.5) is 0 Å². The van der Waals surface area contributed by atoms with Gasteiger partial charge in [-0.05, 0) is 18.3 Å². The Labute approximate surface area is 103 Å². The van der Waals surface area contributed by atoms with E-state index in [4.69, 9.17) is 5.73 Å². The van der Waals surface area contributed by atoms with E-state index < -0.39 is 15.9 Å². The van der Waals surface area contributed by atoms with E-state index in [1.165, 1.54) is 0 Å². The number of carbonyl (C=O) groups excluding carboxylic acids is 1. The minimum absolute atomic E-state index is 0.0492. The Bertz CT molecular complexity index is 367. The molecule has 1 fully saturated rings. The SMILES string of the molecule is CCC(C)C(N)C(=O)NCC1CCS(=O)(=O)C1. The molecule has 0 spiro atoms. The van der Waals surface area contributed by atoms with Gasteiger partial charge < -0.3 is 11.1 Å². The minimum atomic E-state index is -2.87. The molecular formula is C11H22N2O3S. The molecule has 1 saturated heterocycles. The highest BCUT2D eigenvalue weighted by Crippen LogP contribution is 2.17. The first-order valence-electron chi connectivity index (χ1n) is 6.09. The fourth-order valence-corrected chi connectivity index (χ4v) is 3.77. The molecule has 3 unspecified atom stereocenters. The third-order valence-corrected chi connectivity index (χ3v) is 5.29. The van der Waals surface area contributed by atoms with E-state index in [-0.39, 0.29) is 29.2 Å². The standard InChI is InChI=1S/C11H22N2O3S/c1-3-8(2)10(12)11(14)13-6-9-4-5-17(15,16)7-9/h8-10H,3-7,12H2,1-2H3,(H,13,14). The van der Waals surface area contributed by atoms with Gasteiger partial charge in [0.1, 0.15) is 0 Å². The Hall–Kier alpha value is -0.620. The molecule has 1 heterocycles. The smallest absolute Gasteiger partial charge is 0.237 e. The summed E-state index contributed by atoms with van der Waals surface area (Å²) in [4.78, 5) is 11.7. The van der Waals surface area contributed by atoms with Crippen LogP contribution >= 0.6 is 0 Å². The number of nitrogens with two attached hydrogens (primary N) is 1. The Morgan fingerprint density at radius 2 is 2.18 bits per heavy atom. The van der Waals surface area contributed by atoms with Crippen molar-refractivity contribution in [2.24, 2.45) is 17.6 Å². The first-order valence-corrected chi connectivity index (χ1v) is 7.91. The molecule has 1 amide bonds. The molecule has 1 rings (SSSR count). The Morgan fingerprint density at radius 1 is 1.53 bits per heavy atom. The zero-order chi connectivity index (χ0) is 13.1. The van der Waals surface area contributed by atoms with Crippen LogP contribution in [0.2, 0.25) is 0 Å². The average Bonchev–Trinajstić information content (AvgIpc) is 2.63. The van der Waals surface area contributed by atoms with Crippen molar-refractivity contribution < 1.29 is 13.2 Å². The topological polar surface area (TPSA) is 89.3 Å². The van der Waals surface area contributed by atoms with Gasteiger partial charge in [-0.15, -0.1) is 0 Å². The van der Waals surface area contributed by atoms with Gasteiger partial charge in [-0.3, -0.25) is 4.79 Å². The molecule has 1 aliphatic heterocycles. The monoisotopic (exact) mass is 262 g/mol. The lowest BCUT2D eigenvalue weighted by atomic mass is 9.99. The van der Waals surface area contributed by atoms with Crippen LogP contribution in [0.3, 0.4) is 0 Å². The normalized spacial score (nSPS) is 26.4. The van der Waals surface area contributed by atoms with Gasteiger partial charge in [0.05, 0.1) is 17.5 Å². The number of hydrogen-bond donors (Lipinski definition) is 2. The van der Waals surface area contributed by atoms with E-state index >= 15 is 0 Å². The predicted octanol–water partition coefficient (Wildman–Crippen LogP) is -0.0893. The van der Waals surface area contributed by atoms with Crippen molar-refractivity contribution in [3.8, 4) is 0 Å². The summed E-state index contributed by atoms with van der Waals surface area (Å²) >= 11 is 0. The number of sulfone groups is 1. The van der Waals surface area contributed by atoms with Crippen molar-refractivity contribution in [1.82, 2.24) is 5.32 Å². The molecule has 0 aliphatic carbocycles. The largest absolute Gasteiger partial charge is 0.354 e. The van der Waals surface area contributed by atoms with Crippen LogP contribution in [0.15, 0.2) is 0 Å². The number of amides is 1. The van der Waals surface area contributed by atoms with Crippen LogP contribution in [0.1, 0.15) is 26.7 Å². The van der Waals surface area contributed by atoms with Crippen LogP contribution in [0.5, 0.6) is 0 Å². The van der Waals surface area contributed by atoms with Gasteiger partial charge in [0.25, 0.3) is 0 Å². The van der Waals surface area contributed by atoms with E-state index in [1.54, 1.807) is 0 Å². The molecular weight excluding hydrogens is 240 g/mol. The number of nitrogens with one attached hydrogen (secondary N) is 1. The second-order valence-corrected chi connectivity index (χ2v) is 7.15. The van der Waals surface area contributed by atoms with E-state index in [2.05, 4.69) is 5.32 Å². The van der Waals surface area contributed by atoms with Crippen molar-refractivity contribution in [1.29, 1.82) is 0 Å². The molecule has 17 heavy (non-hydrogen) atoms. The molecule has 0 saturated carbocycles. The second-order valence-electron chi connectivity index (χ2n) is 4.93. The van der Waals surface area contributed by atoms with Gasteiger partial charge in [-0.2, -0.15) is 0 Å². The molecule has 5 nitrogen and oxygen atoms in total. The Morgan fingerprint density at radius 3 is 2.65 bits per heavy atom. The highest BCUT2D eigenvalue weighted by Gasteiger charge is 2.28. The molecule has 0 bridgehead atoms. The minimum Gasteiger partial charge on any atom is -0.354 e. The first kappa shape index (κ1) is 14.4. The number of rotatable bonds is 5.